The Labute approximate surface area is 661 Å². The van der Waals surface area contributed by atoms with E-state index in [4.69, 9.17) is 0 Å². The molecule has 0 aliphatic rings. The molecule has 0 unspecified atom stereocenters. The monoisotopic (exact) mass is 1450 g/mol. The Bertz CT molecular complexity index is 6870. The second-order valence-corrected chi connectivity index (χ2v) is 28.8. The Balaban J connectivity index is 0.000000123. The van der Waals surface area contributed by atoms with Crippen molar-refractivity contribution in [3.8, 4) is 101 Å². The smallest absolute Gasteiger partial charge is 0.239 e. The number of nitrogens with zero attached hydrogens (tertiary/aromatic N) is 5. The molecule has 0 saturated heterocycles. The summed E-state index contributed by atoms with van der Waals surface area (Å²) in [6.45, 7) is 0. The van der Waals surface area contributed by atoms with Crippen molar-refractivity contribution in [1.82, 2.24) is 9.13 Å². The van der Waals surface area contributed by atoms with Crippen molar-refractivity contribution in [1.29, 1.82) is 0 Å². The van der Waals surface area contributed by atoms with Crippen molar-refractivity contribution in [3.05, 3.63) is 419 Å². The molecule has 3 aromatic heterocycles. The SMILES string of the molecule is C.C.C[n+]1c(-c2ccc(-c3c4ccccc4c(-c4ccccc4)c4ccccc34)cc2)n(-c2ccccc2)c2ccccc21.C[n+]1ccc(-c2ccc(-c3c4ccccc4c(-c4ccccc4)c4ccccc34)cc2)cc1.C[n+]1ccn(-c2ccc(-c3c4ccccc4c(-c4ccc5ccccc5c4)c4ccccc34)cc2)c1. The third-order valence-corrected chi connectivity index (χ3v) is 22.1. The number of aryl methyl sites for hydroxylation is 3. The summed E-state index contributed by atoms with van der Waals surface area (Å²) in [4.78, 5) is 0. The van der Waals surface area contributed by atoms with Crippen LogP contribution >= 0.6 is 0 Å². The van der Waals surface area contributed by atoms with E-state index in [0.717, 1.165) is 17.2 Å². The maximum atomic E-state index is 2.36. The van der Waals surface area contributed by atoms with E-state index in [-0.39, 0.29) is 14.9 Å². The minimum absolute atomic E-state index is 0. The largest absolute Gasteiger partial charge is 0.294 e. The molecule has 0 bridgehead atoms. The fourth-order valence-corrected chi connectivity index (χ4v) is 17.0. The molecule has 0 radical (unpaired) electrons. The second kappa shape index (κ2) is 30.9. The van der Waals surface area contributed by atoms with Crippen LogP contribution in [-0.4, -0.2) is 9.13 Å². The Morgan fingerprint density at radius 1 is 0.221 bits per heavy atom. The predicted octanol–water partition coefficient (Wildman–Crippen LogP) is 26.9. The Morgan fingerprint density at radius 2 is 0.531 bits per heavy atom. The van der Waals surface area contributed by atoms with Gasteiger partial charge in [0, 0.05) is 12.1 Å². The van der Waals surface area contributed by atoms with Gasteiger partial charge in [-0.2, -0.15) is 4.57 Å². The average molecular weight is 1450 g/mol. The first-order chi connectivity index (χ1) is 54.8. The van der Waals surface area contributed by atoms with Gasteiger partial charge in [-0.05, 0) is 208 Å². The molecule has 21 rings (SSSR count). The van der Waals surface area contributed by atoms with E-state index in [1.165, 1.54) is 170 Å². The zero-order valence-corrected chi connectivity index (χ0v) is 62.1. The lowest BCUT2D eigenvalue weighted by atomic mass is 9.85. The highest BCUT2D eigenvalue weighted by Crippen LogP contribution is 2.48. The number of pyridine rings is 1. The molecular formula is C108H86N5+3. The van der Waals surface area contributed by atoms with E-state index in [0.29, 0.717) is 0 Å². The summed E-state index contributed by atoms with van der Waals surface area (Å²) in [5.74, 6) is 1.16. The molecule has 0 aliphatic carbocycles. The molecule has 5 heteroatoms. The maximum absolute atomic E-state index is 2.36. The molecule has 113 heavy (non-hydrogen) atoms. The molecule has 5 nitrogen and oxygen atoms in total. The molecule has 0 spiro atoms. The molecule has 0 atom stereocenters. The summed E-state index contributed by atoms with van der Waals surface area (Å²) in [5.41, 5.74) is 23.5. The molecule has 21 aromatic rings. The lowest BCUT2D eigenvalue weighted by molar-refractivity contribution is -0.671. The van der Waals surface area contributed by atoms with Gasteiger partial charge in [-0.3, -0.25) is 0 Å². The van der Waals surface area contributed by atoms with Gasteiger partial charge >= 0.3 is 0 Å². The summed E-state index contributed by atoms with van der Waals surface area (Å²) in [5, 5.41) is 17.9. The standard InChI is InChI=1S/C40H29N2.C34H25N2.C32H24N.2CH4/c1-41-36-22-12-13-23-37(36)42(31-16-6-3-7-17-31)40(41)30-26-24-29(25-27-30)39-34-20-10-8-18-32(34)38(28-14-4-2-5-15-28)33-19-9-11-21-35(33)39;1-35-20-21-36(23-35)28-18-16-25(17-19-28)33-29-10-4-6-12-31(29)34(32-13-7-5-11-30(32)33)27-15-14-24-8-2-3-9-26(24)22-27;1-33-21-19-24(20-22-33)23-15-17-26(18-16-23)32-29-13-7-5-11-27(29)31(25-9-3-2-4-10-25)28-12-6-8-14-30(28)32;;/h2-27H,1H3;2-23H,1H3;2-22H,1H3;2*1H4/q3*+1;;. The van der Waals surface area contributed by atoms with Crippen LogP contribution in [0.3, 0.4) is 0 Å². The first kappa shape index (κ1) is 71.5. The molecule has 0 amide bonds. The number of para-hydroxylation sites is 3. The summed E-state index contributed by atoms with van der Waals surface area (Å²) in [6.07, 6.45) is 10.4. The minimum atomic E-state index is 0. The van der Waals surface area contributed by atoms with Gasteiger partial charge < -0.3 is 0 Å². The number of benzene rings is 18. The van der Waals surface area contributed by atoms with Crippen molar-refractivity contribution < 1.29 is 13.7 Å². The lowest BCUT2D eigenvalue weighted by Gasteiger charge is -2.18. The number of rotatable bonds is 10. The van der Waals surface area contributed by atoms with Crippen LogP contribution in [0.1, 0.15) is 14.9 Å². The van der Waals surface area contributed by atoms with Crippen molar-refractivity contribution in [2.75, 3.05) is 0 Å². The first-order valence-corrected chi connectivity index (χ1v) is 38.1. The zero-order chi connectivity index (χ0) is 74.3. The van der Waals surface area contributed by atoms with Crippen LogP contribution < -0.4 is 13.7 Å². The van der Waals surface area contributed by atoms with Crippen molar-refractivity contribution in [3.63, 3.8) is 0 Å². The molecule has 0 aliphatic heterocycles. The highest BCUT2D eigenvalue weighted by atomic mass is 15.2. The van der Waals surface area contributed by atoms with Gasteiger partial charge in [0.05, 0.1) is 19.7 Å². The number of imidazole rings is 2. The maximum Gasteiger partial charge on any atom is 0.294 e. The number of hydrogen-bond acceptors (Lipinski definition) is 0. The van der Waals surface area contributed by atoms with Crippen LogP contribution in [-0.2, 0) is 21.1 Å². The third-order valence-electron chi connectivity index (χ3n) is 22.1. The summed E-state index contributed by atoms with van der Waals surface area (Å²) >= 11 is 0. The van der Waals surface area contributed by atoms with Gasteiger partial charge in [-0.15, -0.1) is 0 Å². The zero-order valence-electron chi connectivity index (χ0n) is 62.1. The van der Waals surface area contributed by atoms with Crippen LogP contribution in [0, 0.1) is 0 Å². The molecule has 3 heterocycles. The normalized spacial score (nSPS) is 11.2. The third kappa shape index (κ3) is 13.2. The van der Waals surface area contributed by atoms with E-state index in [2.05, 4.69) is 449 Å². The predicted molar refractivity (Wildman–Crippen MR) is 479 cm³/mol. The average Bonchev–Trinajstić information content (AvgIpc) is 1.24. The van der Waals surface area contributed by atoms with Crippen LogP contribution in [0.5, 0.6) is 0 Å². The van der Waals surface area contributed by atoms with Crippen molar-refractivity contribution >= 4 is 86.4 Å². The van der Waals surface area contributed by atoms with Crippen molar-refractivity contribution in [2.45, 2.75) is 14.9 Å². The quantitative estimate of drug-likeness (QED) is 0.0962. The van der Waals surface area contributed by atoms with Gasteiger partial charge in [-0.1, -0.05) is 336 Å². The molecule has 0 fully saturated rings. The van der Waals surface area contributed by atoms with Gasteiger partial charge in [0.15, 0.2) is 23.4 Å². The Hall–Kier alpha value is -14.4. The van der Waals surface area contributed by atoms with Gasteiger partial charge in [0.1, 0.15) is 30.8 Å². The van der Waals surface area contributed by atoms with Gasteiger partial charge in [0.2, 0.25) is 6.33 Å². The Morgan fingerprint density at radius 3 is 0.938 bits per heavy atom. The van der Waals surface area contributed by atoms with E-state index in [9.17, 15) is 0 Å². The van der Waals surface area contributed by atoms with E-state index < -0.39 is 0 Å². The van der Waals surface area contributed by atoms with Crippen LogP contribution in [0.2, 0.25) is 0 Å². The van der Waals surface area contributed by atoms with Crippen LogP contribution in [0.15, 0.2) is 419 Å². The first-order valence-electron chi connectivity index (χ1n) is 38.1. The van der Waals surface area contributed by atoms with Crippen LogP contribution in [0.25, 0.3) is 187 Å². The van der Waals surface area contributed by atoms with Gasteiger partial charge in [-0.25, -0.2) is 18.3 Å². The second-order valence-electron chi connectivity index (χ2n) is 28.8. The highest BCUT2D eigenvalue weighted by Gasteiger charge is 2.27. The Kier molecular flexibility index (Phi) is 19.6. The van der Waals surface area contributed by atoms with E-state index >= 15 is 0 Å². The molecular weight excluding hydrogens is 1370 g/mol. The molecule has 540 valence electrons. The number of hydrogen-bond donors (Lipinski definition) is 0. The fourth-order valence-electron chi connectivity index (χ4n) is 17.0. The topological polar surface area (TPSA) is 21.5 Å². The summed E-state index contributed by atoms with van der Waals surface area (Å²) in [6, 6.07) is 141. The molecule has 0 saturated carbocycles. The van der Waals surface area contributed by atoms with E-state index in [1.807, 2.05) is 14.1 Å². The van der Waals surface area contributed by atoms with Crippen molar-refractivity contribution in [2.24, 2.45) is 21.1 Å². The molecule has 18 aromatic carbocycles. The van der Waals surface area contributed by atoms with Gasteiger partial charge in [0.25, 0.3) is 5.82 Å². The minimum Gasteiger partial charge on any atom is -0.239 e. The highest BCUT2D eigenvalue weighted by molar-refractivity contribution is 6.24. The number of fused-ring (bicyclic) bond motifs is 8. The molecule has 0 N–H and O–H groups in total. The summed E-state index contributed by atoms with van der Waals surface area (Å²) in [7, 11) is 6.25. The summed E-state index contributed by atoms with van der Waals surface area (Å²) < 4.78 is 10.9. The lowest BCUT2D eigenvalue weighted by Crippen LogP contribution is -2.30. The van der Waals surface area contributed by atoms with Crippen LogP contribution in [0.4, 0.5) is 0 Å². The number of aromatic nitrogens is 5. The fraction of sp³-hybridized carbons (Fsp3) is 0.0463. The van der Waals surface area contributed by atoms with E-state index in [1.54, 1.807) is 0 Å².